The molecule has 0 bridgehead atoms. The quantitative estimate of drug-likeness (QED) is 0.853. The van der Waals surface area contributed by atoms with Crippen LogP contribution in [0.15, 0.2) is 30.3 Å². The molecule has 1 saturated heterocycles. The number of para-hydroxylation sites is 1. The van der Waals surface area contributed by atoms with Gasteiger partial charge >= 0.3 is 6.09 Å². The van der Waals surface area contributed by atoms with Gasteiger partial charge in [-0.15, -0.1) is 0 Å². The highest BCUT2D eigenvalue weighted by molar-refractivity contribution is 5.89. The number of benzene rings is 1. The van der Waals surface area contributed by atoms with Crippen molar-refractivity contribution in [2.24, 2.45) is 0 Å². The van der Waals surface area contributed by atoms with Gasteiger partial charge < -0.3 is 14.8 Å². The lowest BCUT2D eigenvalue weighted by atomic mass is 10.2. The van der Waals surface area contributed by atoms with Gasteiger partial charge in [0.05, 0.1) is 13.1 Å². The lowest BCUT2D eigenvalue weighted by Gasteiger charge is -2.12. The van der Waals surface area contributed by atoms with Crippen molar-refractivity contribution in [1.29, 1.82) is 0 Å². The van der Waals surface area contributed by atoms with E-state index < -0.39 is 6.09 Å². The van der Waals surface area contributed by atoms with Crippen LogP contribution in [-0.2, 0) is 14.3 Å². The molecule has 0 radical (unpaired) electrons. The number of carbonyl (C=O) groups is 2. The van der Waals surface area contributed by atoms with Crippen LogP contribution in [0, 0.1) is 0 Å². The van der Waals surface area contributed by atoms with Crippen LogP contribution < -0.4 is 10.2 Å². The molecular formula is C13H16N2O4. The van der Waals surface area contributed by atoms with Crippen molar-refractivity contribution < 1.29 is 19.1 Å². The van der Waals surface area contributed by atoms with Gasteiger partial charge in [0.2, 0.25) is 5.91 Å². The molecule has 1 fully saturated rings. The van der Waals surface area contributed by atoms with Crippen LogP contribution >= 0.6 is 0 Å². The van der Waals surface area contributed by atoms with Gasteiger partial charge in [-0.1, -0.05) is 18.2 Å². The van der Waals surface area contributed by atoms with Crippen LogP contribution in [0.1, 0.15) is 0 Å². The first kappa shape index (κ1) is 13.4. The number of carbonyl (C=O) groups excluding carboxylic acids is 2. The van der Waals surface area contributed by atoms with Gasteiger partial charge in [-0.25, -0.2) is 4.79 Å². The molecule has 1 aromatic rings. The zero-order valence-electron chi connectivity index (χ0n) is 10.7. The topological polar surface area (TPSA) is 67.9 Å². The van der Waals surface area contributed by atoms with Crippen LogP contribution in [0.25, 0.3) is 0 Å². The Morgan fingerprint density at radius 2 is 2.21 bits per heavy atom. The number of nitrogens with zero attached hydrogens (tertiary/aromatic N) is 1. The highest BCUT2D eigenvalue weighted by atomic mass is 16.6. The van der Waals surface area contributed by atoms with Crippen LogP contribution in [0.5, 0.6) is 0 Å². The van der Waals surface area contributed by atoms with E-state index in [1.165, 1.54) is 7.11 Å². The number of hydrogen-bond acceptors (Lipinski definition) is 4. The molecule has 1 aliphatic rings. The van der Waals surface area contributed by atoms with Crippen molar-refractivity contribution in [2.75, 3.05) is 31.7 Å². The summed E-state index contributed by atoms with van der Waals surface area (Å²) in [6.07, 6.45) is -0.731. The van der Waals surface area contributed by atoms with E-state index in [1.807, 2.05) is 30.3 Å². The van der Waals surface area contributed by atoms with Gasteiger partial charge in [0.1, 0.15) is 12.7 Å². The van der Waals surface area contributed by atoms with Gasteiger partial charge in [-0.2, -0.15) is 0 Å². The second-order valence-corrected chi connectivity index (χ2v) is 4.19. The number of rotatable bonds is 5. The van der Waals surface area contributed by atoms with Gasteiger partial charge in [0.15, 0.2) is 0 Å². The van der Waals surface area contributed by atoms with Crippen LogP contribution in [0.2, 0.25) is 0 Å². The van der Waals surface area contributed by atoms with Gasteiger partial charge in [-0.3, -0.25) is 9.69 Å². The first-order chi connectivity index (χ1) is 9.20. The van der Waals surface area contributed by atoms with E-state index in [9.17, 15) is 9.59 Å². The van der Waals surface area contributed by atoms with Crippen LogP contribution in [-0.4, -0.2) is 44.9 Å². The molecule has 6 heteroatoms. The standard InChI is InChI=1S/C13H16N2O4/c1-18-9-12(16)14-7-11-8-15(13(17)19-11)10-5-3-2-4-6-10/h2-6,11H,7-9H2,1H3,(H,14,16)/t11-/m1/s1. The third kappa shape index (κ3) is 3.45. The molecule has 1 heterocycles. The molecule has 0 aromatic heterocycles. The van der Waals surface area contributed by atoms with Crippen molar-refractivity contribution in [1.82, 2.24) is 5.32 Å². The largest absolute Gasteiger partial charge is 0.442 e. The fourth-order valence-electron chi connectivity index (χ4n) is 1.86. The van der Waals surface area contributed by atoms with Crippen molar-refractivity contribution >= 4 is 17.7 Å². The zero-order valence-corrected chi connectivity index (χ0v) is 10.7. The molecule has 102 valence electrons. The molecule has 1 N–H and O–H groups in total. The molecule has 19 heavy (non-hydrogen) atoms. The molecule has 1 aliphatic heterocycles. The smallest absolute Gasteiger partial charge is 0.414 e. The fraction of sp³-hybridized carbons (Fsp3) is 0.385. The number of ether oxygens (including phenoxy) is 2. The van der Waals surface area contributed by atoms with Crippen LogP contribution in [0.3, 0.4) is 0 Å². The van der Waals surface area contributed by atoms with Crippen LogP contribution in [0.4, 0.5) is 10.5 Å². The predicted molar refractivity (Wildman–Crippen MR) is 68.9 cm³/mol. The molecule has 0 saturated carbocycles. The van der Waals surface area contributed by atoms with Gasteiger partial charge in [0, 0.05) is 12.8 Å². The first-order valence-electron chi connectivity index (χ1n) is 5.99. The fourth-order valence-corrected chi connectivity index (χ4v) is 1.86. The minimum Gasteiger partial charge on any atom is -0.442 e. The number of amides is 2. The SMILES string of the molecule is COCC(=O)NC[C@@H]1CN(c2ccccc2)C(=O)O1. The lowest BCUT2D eigenvalue weighted by molar-refractivity contribution is -0.125. The van der Waals surface area contributed by atoms with Gasteiger partial charge in [-0.05, 0) is 12.1 Å². The Morgan fingerprint density at radius 1 is 1.47 bits per heavy atom. The van der Waals surface area contributed by atoms with E-state index >= 15 is 0 Å². The summed E-state index contributed by atoms with van der Waals surface area (Å²) < 4.78 is 9.89. The third-order valence-electron chi connectivity index (χ3n) is 2.74. The average Bonchev–Trinajstić information content (AvgIpc) is 2.79. The van der Waals surface area contributed by atoms with Crippen molar-refractivity contribution in [3.05, 3.63) is 30.3 Å². The van der Waals surface area contributed by atoms with Crippen molar-refractivity contribution in [2.45, 2.75) is 6.10 Å². The van der Waals surface area contributed by atoms with E-state index in [0.29, 0.717) is 6.54 Å². The van der Waals surface area contributed by atoms with Gasteiger partial charge in [0.25, 0.3) is 0 Å². The number of cyclic esters (lactones) is 1. The summed E-state index contributed by atoms with van der Waals surface area (Å²) in [7, 11) is 1.45. The average molecular weight is 264 g/mol. The second-order valence-electron chi connectivity index (χ2n) is 4.19. The lowest BCUT2D eigenvalue weighted by Crippen LogP contribution is -2.36. The first-order valence-corrected chi connectivity index (χ1v) is 5.99. The predicted octanol–water partition coefficient (Wildman–Crippen LogP) is 0.774. The zero-order chi connectivity index (χ0) is 13.7. The minimum atomic E-state index is -0.391. The maximum Gasteiger partial charge on any atom is 0.414 e. The Kier molecular flexibility index (Phi) is 4.35. The molecule has 0 aliphatic carbocycles. The molecule has 1 atom stereocenters. The summed E-state index contributed by atoms with van der Waals surface area (Å²) in [5.74, 6) is -0.225. The Hall–Kier alpha value is -2.08. The second kappa shape index (κ2) is 6.19. The highest BCUT2D eigenvalue weighted by Crippen LogP contribution is 2.20. The number of hydrogen-bond donors (Lipinski definition) is 1. The van der Waals surface area contributed by atoms with E-state index in [1.54, 1.807) is 4.90 Å². The molecule has 2 rings (SSSR count). The van der Waals surface area contributed by atoms with Crippen molar-refractivity contribution in [3.8, 4) is 0 Å². The number of methoxy groups -OCH3 is 1. The maximum absolute atomic E-state index is 11.7. The highest BCUT2D eigenvalue weighted by Gasteiger charge is 2.32. The summed E-state index contributed by atoms with van der Waals surface area (Å²) in [6.45, 7) is 0.719. The molecule has 1 aromatic carbocycles. The van der Waals surface area contributed by atoms with Crippen molar-refractivity contribution in [3.63, 3.8) is 0 Å². The molecule has 0 unspecified atom stereocenters. The normalized spacial score (nSPS) is 18.3. The monoisotopic (exact) mass is 264 g/mol. The van der Waals surface area contributed by atoms with E-state index in [2.05, 4.69) is 5.32 Å². The Morgan fingerprint density at radius 3 is 2.89 bits per heavy atom. The molecule has 6 nitrogen and oxygen atoms in total. The Balaban J connectivity index is 1.88. The summed E-state index contributed by atoms with van der Waals surface area (Å²) in [5.41, 5.74) is 0.790. The summed E-state index contributed by atoms with van der Waals surface area (Å²) >= 11 is 0. The third-order valence-corrected chi connectivity index (χ3v) is 2.74. The van der Waals surface area contributed by atoms with E-state index in [4.69, 9.17) is 9.47 Å². The Labute approximate surface area is 111 Å². The van der Waals surface area contributed by atoms with E-state index in [-0.39, 0.29) is 25.2 Å². The molecule has 0 spiro atoms. The molecule has 2 amide bonds. The van der Waals surface area contributed by atoms with E-state index in [0.717, 1.165) is 5.69 Å². The molecular weight excluding hydrogens is 248 g/mol. The summed E-state index contributed by atoms with van der Waals surface area (Å²) in [4.78, 5) is 24.5. The number of anilines is 1. The Bertz CT molecular complexity index is 449. The summed E-state index contributed by atoms with van der Waals surface area (Å²) in [6, 6.07) is 9.28. The number of nitrogens with one attached hydrogen (secondary N) is 1. The summed E-state index contributed by atoms with van der Waals surface area (Å²) in [5, 5.41) is 2.65. The maximum atomic E-state index is 11.7. The minimum absolute atomic E-state index is 0.00304.